The van der Waals surface area contributed by atoms with Gasteiger partial charge in [-0.15, -0.1) is 0 Å². The highest BCUT2D eigenvalue weighted by Crippen LogP contribution is 1.99. The highest BCUT2D eigenvalue weighted by Gasteiger charge is 2.03. The van der Waals surface area contributed by atoms with Crippen LogP contribution in [0.1, 0.15) is 32.0 Å². The Morgan fingerprint density at radius 1 is 1.67 bits per heavy atom. The van der Waals surface area contributed by atoms with Crippen molar-refractivity contribution >= 4 is 5.78 Å². The highest BCUT2D eigenvalue weighted by molar-refractivity contribution is 5.79. The summed E-state index contributed by atoms with van der Waals surface area (Å²) in [5.41, 5.74) is 0. The van der Waals surface area contributed by atoms with Gasteiger partial charge in [-0.2, -0.15) is 0 Å². The molecule has 0 saturated carbocycles. The molecule has 0 bridgehead atoms. The van der Waals surface area contributed by atoms with Crippen LogP contribution in [0.25, 0.3) is 0 Å². The summed E-state index contributed by atoms with van der Waals surface area (Å²) in [5.74, 6) is 1.04. The molecule has 0 aliphatic rings. The number of nitrogens with one attached hydrogen (secondary N) is 1. The number of Topliss-reactive ketones (excluding diaryl/α,β-unsaturated/α-hetero) is 1. The number of ketones is 1. The summed E-state index contributed by atoms with van der Waals surface area (Å²) in [7, 11) is 0. The number of unbranched alkanes of at least 4 members (excludes halogenated alkanes) is 1. The Morgan fingerprint density at radius 3 is 3.08 bits per heavy atom. The summed E-state index contributed by atoms with van der Waals surface area (Å²) < 4.78 is 0. The van der Waals surface area contributed by atoms with Gasteiger partial charge in [-0.1, -0.05) is 13.3 Å². The smallest absolute Gasteiger partial charge is 0.140 e. The molecule has 0 unspecified atom stereocenters. The molecule has 0 aliphatic carbocycles. The zero-order chi connectivity index (χ0) is 8.81. The molecule has 66 valence electrons. The van der Waals surface area contributed by atoms with Crippen molar-refractivity contribution in [2.75, 3.05) is 0 Å². The number of hydrogen-bond donors (Lipinski definition) is 1. The number of rotatable bonds is 5. The second kappa shape index (κ2) is 4.70. The van der Waals surface area contributed by atoms with Gasteiger partial charge < -0.3 is 4.98 Å². The van der Waals surface area contributed by atoms with Gasteiger partial charge >= 0.3 is 0 Å². The lowest BCUT2D eigenvalue weighted by molar-refractivity contribution is -0.118. The summed E-state index contributed by atoms with van der Waals surface area (Å²) in [6.45, 7) is 2.08. The molecule has 0 radical (unpaired) electrons. The fourth-order valence-corrected chi connectivity index (χ4v) is 1.04. The fraction of sp³-hybridized carbons (Fsp3) is 0.556. The molecule has 0 saturated heterocycles. The van der Waals surface area contributed by atoms with Crippen molar-refractivity contribution in [1.82, 2.24) is 9.97 Å². The van der Waals surface area contributed by atoms with Gasteiger partial charge in [0.15, 0.2) is 0 Å². The number of carbonyl (C=O) groups excluding carboxylic acids is 1. The Morgan fingerprint density at radius 2 is 2.50 bits per heavy atom. The van der Waals surface area contributed by atoms with Crippen molar-refractivity contribution in [3.05, 3.63) is 18.2 Å². The predicted octanol–water partition coefficient (Wildman–Crippen LogP) is 1.71. The van der Waals surface area contributed by atoms with Crippen molar-refractivity contribution in [3.8, 4) is 0 Å². The Kier molecular flexibility index (Phi) is 3.51. The monoisotopic (exact) mass is 166 g/mol. The minimum Gasteiger partial charge on any atom is -0.348 e. The first-order chi connectivity index (χ1) is 5.83. The second-order valence-electron chi connectivity index (χ2n) is 2.85. The molecule has 3 nitrogen and oxygen atoms in total. The molecule has 1 heterocycles. The number of aromatic amines is 1. The first-order valence-electron chi connectivity index (χ1n) is 4.33. The van der Waals surface area contributed by atoms with Crippen LogP contribution in [0.4, 0.5) is 0 Å². The molecule has 1 aromatic rings. The second-order valence-corrected chi connectivity index (χ2v) is 2.85. The van der Waals surface area contributed by atoms with Crippen LogP contribution in [0.3, 0.4) is 0 Å². The number of carbonyl (C=O) groups is 1. The zero-order valence-corrected chi connectivity index (χ0v) is 7.34. The standard InChI is InChI=1S/C9H14N2O/c1-2-3-4-8(12)7-9-10-5-6-11-9/h5-6H,2-4,7H2,1H3,(H,10,11). The van der Waals surface area contributed by atoms with E-state index in [2.05, 4.69) is 16.9 Å². The minimum atomic E-state index is 0.270. The molecule has 0 aliphatic heterocycles. The third kappa shape index (κ3) is 2.86. The molecule has 1 aromatic heterocycles. The molecular formula is C9H14N2O. The van der Waals surface area contributed by atoms with E-state index in [1.807, 2.05) is 0 Å². The molecule has 1 N–H and O–H groups in total. The van der Waals surface area contributed by atoms with E-state index < -0.39 is 0 Å². The Labute approximate surface area is 72.2 Å². The van der Waals surface area contributed by atoms with Crippen LogP contribution in [-0.2, 0) is 11.2 Å². The predicted molar refractivity (Wildman–Crippen MR) is 46.8 cm³/mol. The molecule has 0 fully saturated rings. The van der Waals surface area contributed by atoms with Crippen molar-refractivity contribution in [2.45, 2.75) is 32.6 Å². The lowest BCUT2D eigenvalue weighted by atomic mass is 10.1. The van der Waals surface area contributed by atoms with E-state index in [0.29, 0.717) is 12.8 Å². The first kappa shape index (κ1) is 8.97. The molecule has 0 spiro atoms. The maximum Gasteiger partial charge on any atom is 0.140 e. The Hall–Kier alpha value is -1.12. The van der Waals surface area contributed by atoms with Crippen LogP contribution < -0.4 is 0 Å². The summed E-state index contributed by atoms with van der Waals surface area (Å²) in [6.07, 6.45) is 6.60. The molecule has 1 rings (SSSR count). The molecule has 0 atom stereocenters. The van der Waals surface area contributed by atoms with Gasteiger partial charge in [-0.05, 0) is 6.42 Å². The van der Waals surface area contributed by atoms with Crippen LogP contribution in [0.5, 0.6) is 0 Å². The van der Waals surface area contributed by atoms with Gasteiger partial charge in [0, 0.05) is 18.8 Å². The number of H-pyrrole nitrogens is 1. The van der Waals surface area contributed by atoms with Crippen LogP contribution in [-0.4, -0.2) is 15.8 Å². The van der Waals surface area contributed by atoms with Crippen molar-refractivity contribution in [1.29, 1.82) is 0 Å². The van der Waals surface area contributed by atoms with E-state index >= 15 is 0 Å². The maximum absolute atomic E-state index is 11.2. The van der Waals surface area contributed by atoms with Crippen molar-refractivity contribution in [2.24, 2.45) is 0 Å². The van der Waals surface area contributed by atoms with E-state index in [4.69, 9.17) is 0 Å². The van der Waals surface area contributed by atoms with E-state index in [9.17, 15) is 4.79 Å². The summed E-state index contributed by atoms with van der Waals surface area (Å²) in [5, 5.41) is 0. The van der Waals surface area contributed by atoms with Crippen LogP contribution in [0, 0.1) is 0 Å². The third-order valence-electron chi connectivity index (χ3n) is 1.73. The Bertz CT molecular complexity index is 229. The van der Waals surface area contributed by atoms with Crippen LogP contribution >= 0.6 is 0 Å². The highest BCUT2D eigenvalue weighted by atomic mass is 16.1. The van der Waals surface area contributed by atoms with E-state index in [1.54, 1.807) is 12.4 Å². The number of nitrogens with zero attached hydrogens (tertiary/aromatic N) is 1. The van der Waals surface area contributed by atoms with E-state index in [0.717, 1.165) is 18.7 Å². The van der Waals surface area contributed by atoms with Gasteiger partial charge in [0.05, 0.1) is 6.42 Å². The number of hydrogen-bond acceptors (Lipinski definition) is 2. The van der Waals surface area contributed by atoms with Crippen molar-refractivity contribution < 1.29 is 4.79 Å². The molecule has 3 heteroatoms. The molecule has 0 amide bonds. The average molecular weight is 166 g/mol. The van der Waals surface area contributed by atoms with Gasteiger partial charge in [0.1, 0.15) is 11.6 Å². The largest absolute Gasteiger partial charge is 0.348 e. The summed E-state index contributed by atoms with van der Waals surface area (Å²) in [6, 6.07) is 0. The normalized spacial score (nSPS) is 10.1. The fourth-order valence-electron chi connectivity index (χ4n) is 1.04. The topological polar surface area (TPSA) is 45.8 Å². The van der Waals surface area contributed by atoms with Gasteiger partial charge in [-0.3, -0.25) is 4.79 Å². The first-order valence-corrected chi connectivity index (χ1v) is 4.33. The van der Waals surface area contributed by atoms with Gasteiger partial charge in [0.2, 0.25) is 0 Å². The number of imidazole rings is 1. The summed E-state index contributed by atoms with van der Waals surface area (Å²) in [4.78, 5) is 18.1. The van der Waals surface area contributed by atoms with Crippen LogP contribution in [0.2, 0.25) is 0 Å². The van der Waals surface area contributed by atoms with Gasteiger partial charge in [-0.25, -0.2) is 4.98 Å². The van der Waals surface area contributed by atoms with Crippen LogP contribution in [0.15, 0.2) is 12.4 Å². The van der Waals surface area contributed by atoms with Gasteiger partial charge in [0.25, 0.3) is 0 Å². The molecule has 0 aromatic carbocycles. The average Bonchev–Trinajstić information content (AvgIpc) is 2.53. The lowest BCUT2D eigenvalue weighted by Gasteiger charge is -1.95. The quantitative estimate of drug-likeness (QED) is 0.723. The minimum absolute atomic E-state index is 0.270. The van der Waals surface area contributed by atoms with E-state index in [-0.39, 0.29) is 5.78 Å². The zero-order valence-electron chi connectivity index (χ0n) is 7.34. The SMILES string of the molecule is CCCCC(=O)Cc1ncc[nH]1. The molecule has 12 heavy (non-hydrogen) atoms. The lowest BCUT2D eigenvalue weighted by Crippen LogP contribution is -2.03. The molecular weight excluding hydrogens is 152 g/mol. The maximum atomic E-state index is 11.2. The van der Waals surface area contributed by atoms with E-state index in [1.165, 1.54) is 0 Å². The third-order valence-corrected chi connectivity index (χ3v) is 1.73. The van der Waals surface area contributed by atoms with Crippen molar-refractivity contribution in [3.63, 3.8) is 0 Å². The number of aromatic nitrogens is 2. The Balaban J connectivity index is 2.27. The summed E-state index contributed by atoms with van der Waals surface area (Å²) >= 11 is 0.